The van der Waals surface area contributed by atoms with E-state index < -0.39 is 6.04 Å². The zero-order valence-electron chi connectivity index (χ0n) is 21.9. The van der Waals surface area contributed by atoms with E-state index in [1.807, 2.05) is 31.7 Å². The number of benzene rings is 1. The summed E-state index contributed by atoms with van der Waals surface area (Å²) in [7, 11) is 0. The third kappa shape index (κ3) is 5.61. The predicted molar refractivity (Wildman–Crippen MR) is 142 cm³/mol. The zero-order valence-corrected chi connectivity index (χ0v) is 21.9. The first-order chi connectivity index (χ1) is 18.3. The summed E-state index contributed by atoms with van der Waals surface area (Å²) in [4.78, 5) is 35.2. The topological polar surface area (TPSA) is 128 Å². The minimum Gasteiger partial charge on any atom is -0.344 e. The predicted octanol–water partition coefficient (Wildman–Crippen LogP) is 4.13. The van der Waals surface area contributed by atoms with Crippen LogP contribution in [0.1, 0.15) is 60.4 Å². The minimum absolute atomic E-state index is 0.00618. The average Bonchev–Trinajstić information content (AvgIpc) is 3.32. The molecule has 2 aromatic heterocycles. The van der Waals surface area contributed by atoms with Gasteiger partial charge in [-0.2, -0.15) is 10.1 Å². The monoisotopic (exact) mass is 520 g/mol. The number of likely N-dealkylation sites (tertiary alicyclic amines) is 1. The molecule has 0 aliphatic carbocycles. The lowest BCUT2D eigenvalue weighted by molar-refractivity contribution is -0.138. The van der Waals surface area contributed by atoms with E-state index in [4.69, 9.17) is 0 Å². The molecular formula is C27H33FN8O2. The number of amides is 2. The Hall–Kier alpha value is -4.02. The van der Waals surface area contributed by atoms with E-state index in [9.17, 15) is 9.59 Å². The highest BCUT2D eigenvalue weighted by atomic mass is 19.1. The van der Waals surface area contributed by atoms with Gasteiger partial charge in [0, 0.05) is 43.0 Å². The van der Waals surface area contributed by atoms with E-state index in [-0.39, 0.29) is 29.5 Å². The van der Waals surface area contributed by atoms with Gasteiger partial charge in [0.15, 0.2) is 5.82 Å². The highest BCUT2D eigenvalue weighted by Crippen LogP contribution is 2.34. The van der Waals surface area contributed by atoms with Gasteiger partial charge in [0.1, 0.15) is 17.7 Å². The van der Waals surface area contributed by atoms with Crippen LogP contribution in [0, 0.1) is 26.6 Å². The fourth-order valence-electron chi connectivity index (χ4n) is 5.21. The van der Waals surface area contributed by atoms with Gasteiger partial charge in [-0.25, -0.2) is 9.37 Å². The van der Waals surface area contributed by atoms with Crippen molar-refractivity contribution < 1.29 is 14.0 Å². The van der Waals surface area contributed by atoms with Crippen LogP contribution >= 0.6 is 0 Å². The number of hydrogen-bond donors (Lipinski definition) is 4. The van der Waals surface area contributed by atoms with E-state index in [1.165, 1.54) is 0 Å². The number of halogens is 1. The van der Waals surface area contributed by atoms with Gasteiger partial charge < -0.3 is 20.9 Å². The number of nitrogens with one attached hydrogen (secondary N) is 4. The Morgan fingerprint density at radius 3 is 2.58 bits per heavy atom. The summed E-state index contributed by atoms with van der Waals surface area (Å²) in [6.45, 7) is 6.96. The van der Waals surface area contributed by atoms with E-state index in [0.717, 1.165) is 41.6 Å². The molecule has 10 nitrogen and oxygen atoms in total. The van der Waals surface area contributed by atoms with E-state index >= 15 is 4.39 Å². The molecular weight excluding hydrogens is 487 g/mol. The molecule has 0 radical (unpaired) electrons. The van der Waals surface area contributed by atoms with Crippen molar-refractivity contribution in [3.8, 4) is 0 Å². The van der Waals surface area contributed by atoms with Gasteiger partial charge >= 0.3 is 0 Å². The first-order valence-corrected chi connectivity index (χ1v) is 13.0. The number of rotatable bonds is 6. The molecule has 2 aliphatic rings. The smallest absolute Gasteiger partial charge is 0.245 e. The first kappa shape index (κ1) is 25.6. The maximum absolute atomic E-state index is 15.2. The molecule has 5 rings (SSSR count). The third-order valence-corrected chi connectivity index (χ3v) is 7.30. The highest BCUT2D eigenvalue weighted by molar-refractivity contribution is 5.88. The van der Waals surface area contributed by atoms with Gasteiger partial charge in [-0.15, -0.1) is 0 Å². The molecule has 1 atom stereocenters. The van der Waals surface area contributed by atoms with Gasteiger partial charge in [-0.1, -0.05) is 0 Å². The van der Waals surface area contributed by atoms with Gasteiger partial charge in [-0.3, -0.25) is 14.7 Å². The Morgan fingerprint density at radius 2 is 1.87 bits per heavy atom. The van der Waals surface area contributed by atoms with Crippen LogP contribution in [-0.4, -0.2) is 56.0 Å². The number of hydrogen-bond acceptors (Lipinski definition) is 7. The maximum atomic E-state index is 15.2. The van der Waals surface area contributed by atoms with Gasteiger partial charge in [0.2, 0.25) is 17.8 Å². The lowest BCUT2D eigenvalue weighted by Gasteiger charge is -2.36. The summed E-state index contributed by atoms with van der Waals surface area (Å²) in [5.41, 5.74) is 3.98. The van der Waals surface area contributed by atoms with Gasteiger partial charge in [0.25, 0.3) is 0 Å². The number of carbonyl (C=O) groups excluding carboxylic acids is 2. The lowest BCUT2D eigenvalue weighted by Crippen LogP contribution is -2.52. The molecule has 4 heterocycles. The van der Waals surface area contributed by atoms with Crippen LogP contribution in [0.5, 0.6) is 0 Å². The molecule has 2 aliphatic heterocycles. The van der Waals surface area contributed by atoms with Crippen molar-refractivity contribution in [2.45, 2.75) is 64.8 Å². The van der Waals surface area contributed by atoms with Crippen molar-refractivity contribution in [3.63, 3.8) is 0 Å². The van der Waals surface area contributed by atoms with E-state index in [0.29, 0.717) is 43.3 Å². The molecule has 4 N–H and O–H groups in total. The molecule has 1 unspecified atom stereocenters. The lowest BCUT2D eigenvalue weighted by atomic mass is 9.86. The normalized spacial score (nSPS) is 18.3. The SMILES string of the molecule is Cc1cc(Nc2nc(Nc3cc(C)c(C4CCN(C(=O)C5CCCC(=O)N5)CC4)cc3F)ncc2C)n[nH]1. The molecule has 200 valence electrons. The Morgan fingerprint density at radius 1 is 1.08 bits per heavy atom. The Labute approximate surface area is 220 Å². The number of H-pyrrole nitrogens is 1. The molecule has 2 fully saturated rings. The van der Waals surface area contributed by atoms with Gasteiger partial charge in [0.05, 0.1) is 5.69 Å². The van der Waals surface area contributed by atoms with Crippen LogP contribution in [0.25, 0.3) is 0 Å². The second-order valence-electron chi connectivity index (χ2n) is 10.2. The van der Waals surface area contributed by atoms with Crippen LogP contribution in [0.3, 0.4) is 0 Å². The Kier molecular flexibility index (Phi) is 7.26. The molecule has 0 spiro atoms. The van der Waals surface area contributed by atoms with Crippen LogP contribution in [0.15, 0.2) is 24.4 Å². The largest absolute Gasteiger partial charge is 0.344 e. The van der Waals surface area contributed by atoms with Crippen LogP contribution < -0.4 is 16.0 Å². The van der Waals surface area contributed by atoms with Crippen molar-refractivity contribution in [3.05, 3.63) is 52.6 Å². The molecule has 1 aromatic carbocycles. The van der Waals surface area contributed by atoms with Crippen LogP contribution in [0.4, 0.5) is 27.7 Å². The zero-order chi connectivity index (χ0) is 26.8. The molecule has 0 saturated carbocycles. The standard InChI is InChI=1S/C27H33FN8O2/c1-15-11-22(31-27-29-14-16(2)25(33-27)32-23-12-17(3)34-35-23)20(28)13-19(15)18-7-9-36(10-8-18)26(38)21-5-4-6-24(37)30-21/h11-14,18,21H,4-10H2,1-3H3,(H,30,37)(H3,29,31,32,33,34,35). The second kappa shape index (κ2) is 10.8. The molecule has 3 aromatic rings. The van der Waals surface area contributed by atoms with Crippen molar-refractivity contribution in [2.75, 3.05) is 23.7 Å². The summed E-state index contributed by atoms with van der Waals surface area (Å²) in [5.74, 6) is 1.21. The van der Waals surface area contributed by atoms with Crippen molar-refractivity contribution >= 4 is 35.1 Å². The number of aromatic nitrogens is 4. The molecule has 0 bridgehead atoms. The molecule has 38 heavy (non-hydrogen) atoms. The minimum atomic E-state index is -0.416. The highest BCUT2D eigenvalue weighted by Gasteiger charge is 2.32. The van der Waals surface area contributed by atoms with E-state index in [1.54, 1.807) is 18.3 Å². The van der Waals surface area contributed by atoms with Gasteiger partial charge in [-0.05, 0) is 75.6 Å². The molecule has 2 saturated heterocycles. The number of aromatic amines is 1. The Balaban J connectivity index is 1.24. The average molecular weight is 521 g/mol. The van der Waals surface area contributed by atoms with Crippen molar-refractivity contribution in [2.24, 2.45) is 0 Å². The summed E-state index contributed by atoms with van der Waals surface area (Å²) in [6, 6.07) is 4.82. The van der Waals surface area contributed by atoms with Crippen LogP contribution in [0.2, 0.25) is 0 Å². The Bertz CT molecular complexity index is 1350. The second-order valence-corrected chi connectivity index (χ2v) is 10.2. The number of anilines is 4. The number of nitrogens with zero attached hydrogens (tertiary/aromatic N) is 4. The fourth-order valence-corrected chi connectivity index (χ4v) is 5.21. The van der Waals surface area contributed by atoms with Crippen molar-refractivity contribution in [1.82, 2.24) is 30.4 Å². The number of carbonyl (C=O) groups is 2. The maximum Gasteiger partial charge on any atom is 0.245 e. The summed E-state index contributed by atoms with van der Waals surface area (Å²) in [6.07, 6.45) is 5.09. The summed E-state index contributed by atoms with van der Waals surface area (Å²) < 4.78 is 15.2. The summed E-state index contributed by atoms with van der Waals surface area (Å²) >= 11 is 0. The fraction of sp³-hybridized carbons (Fsp3) is 0.444. The number of aryl methyl sites for hydroxylation is 3. The van der Waals surface area contributed by atoms with Crippen molar-refractivity contribution in [1.29, 1.82) is 0 Å². The first-order valence-electron chi connectivity index (χ1n) is 13.0. The van der Waals surface area contributed by atoms with E-state index in [2.05, 4.69) is 36.1 Å². The quantitative estimate of drug-likeness (QED) is 0.385. The third-order valence-electron chi connectivity index (χ3n) is 7.30. The van der Waals surface area contributed by atoms with Crippen LogP contribution in [-0.2, 0) is 9.59 Å². The summed E-state index contributed by atoms with van der Waals surface area (Å²) in [5, 5.41) is 16.0. The number of piperidine rings is 2. The molecule has 11 heteroatoms. The molecule has 2 amide bonds.